The van der Waals surface area contributed by atoms with Gasteiger partial charge in [-0.15, -0.1) is 0 Å². The Balaban J connectivity index is 1.96. The second kappa shape index (κ2) is 5.44. The zero-order chi connectivity index (χ0) is 12.9. The molecular weight excluding hydrogens is 234 g/mol. The first kappa shape index (κ1) is 11.6. The van der Waals surface area contributed by atoms with E-state index in [1.165, 1.54) is 11.1 Å². The van der Waals surface area contributed by atoms with Crippen LogP contribution in [0.3, 0.4) is 0 Å². The Hall–Kier alpha value is -2.48. The van der Waals surface area contributed by atoms with E-state index in [2.05, 4.69) is 53.8 Å². The number of hydrogen-bond donors (Lipinski definition) is 1. The molecule has 2 aromatic carbocycles. The molecule has 2 heteroatoms. The lowest BCUT2D eigenvalue weighted by Crippen LogP contribution is -2.11. The maximum Gasteiger partial charge on any atom is 0.113 e. The molecule has 0 aliphatic carbocycles. The van der Waals surface area contributed by atoms with E-state index in [4.69, 9.17) is 4.42 Å². The van der Waals surface area contributed by atoms with Crippen LogP contribution in [-0.2, 0) is 0 Å². The summed E-state index contributed by atoms with van der Waals surface area (Å²) in [5.41, 5.74) is 3.45. The zero-order valence-electron chi connectivity index (χ0n) is 10.5. The molecule has 0 unspecified atom stereocenters. The van der Waals surface area contributed by atoms with Crippen molar-refractivity contribution >= 4 is 5.69 Å². The van der Waals surface area contributed by atoms with Gasteiger partial charge in [-0.1, -0.05) is 60.7 Å². The Morgan fingerprint density at radius 1 is 0.737 bits per heavy atom. The van der Waals surface area contributed by atoms with Gasteiger partial charge in [0.25, 0.3) is 0 Å². The van der Waals surface area contributed by atoms with E-state index in [0.29, 0.717) is 0 Å². The molecule has 0 atom stereocenters. The van der Waals surface area contributed by atoms with Crippen LogP contribution in [0.15, 0.2) is 83.7 Å². The number of benzene rings is 2. The van der Waals surface area contributed by atoms with E-state index >= 15 is 0 Å². The fraction of sp³-hybridized carbons (Fsp3) is 0.0588. The molecule has 1 N–H and O–H groups in total. The van der Waals surface area contributed by atoms with Crippen LogP contribution in [0.5, 0.6) is 0 Å². The highest BCUT2D eigenvalue weighted by Crippen LogP contribution is 2.26. The highest BCUT2D eigenvalue weighted by Gasteiger charge is 2.13. The molecule has 94 valence electrons. The van der Waals surface area contributed by atoms with Gasteiger partial charge in [-0.3, -0.25) is 0 Å². The minimum atomic E-state index is 0.125. The summed E-state index contributed by atoms with van der Waals surface area (Å²) in [5, 5.41) is 3.50. The third-order valence-corrected chi connectivity index (χ3v) is 3.10. The first-order valence-corrected chi connectivity index (χ1v) is 6.32. The van der Waals surface area contributed by atoms with Crippen molar-refractivity contribution in [1.29, 1.82) is 0 Å². The predicted molar refractivity (Wildman–Crippen MR) is 77.1 cm³/mol. The summed E-state index contributed by atoms with van der Waals surface area (Å²) in [4.78, 5) is 0. The SMILES string of the molecule is c1ccc(C(Nc2ccoc2)c2ccccc2)cc1. The van der Waals surface area contributed by atoms with Gasteiger partial charge >= 0.3 is 0 Å². The highest BCUT2D eigenvalue weighted by molar-refractivity contribution is 5.46. The first-order valence-electron chi connectivity index (χ1n) is 6.32. The first-order chi connectivity index (χ1) is 9.43. The van der Waals surface area contributed by atoms with Crippen LogP contribution < -0.4 is 5.32 Å². The van der Waals surface area contributed by atoms with Gasteiger partial charge in [-0.25, -0.2) is 0 Å². The molecular formula is C17H15NO. The number of rotatable bonds is 4. The second-order valence-electron chi connectivity index (χ2n) is 4.41. The quantitative estimate of drug-likeness (QED) is 0.737. The molecule has 3 aromatic rings. The maximum atomic E-state index is 5.12. The van der Waals surface area contributed by atoms with Crippen molar-refractivity contribution in [2.45, 2.75) is 6.04 Å². The zero-order valence-corrected chi connectivity index (χ0v) is 10.5. The summed E-state index contributed by atoms with van der Waals surface area (Å²) in [6.07, 6.45) is 3.40. The standard InChI is InChI=1S/C17H15NO/c1-3-7-14(8-4-1)17(15-9-5-2-6-10-15)18-16-11-12-19-13-16/h1-13,17-18H. The fourth-order valence-electron chi connectivity index (χ4n) is 2.16. The van der Waals surface area contributed by atoms with E-state index < -0.39 is 0 Å². The minimum Gasteiger partial charge on any atom is -0.470 e. The van der Waals surface area contributed by atoms with Gasteiger partial charge in [0.05, 0.1) is 18.0 Å². The smallest absolute Gasteiger partial charge is 0.113 e. The molecule has 0 spiro atoms. The van der Waals surface area contributed by atoms with Crippen molar-refractivity contribution in [1.82, 2.24) is 0 Å². The molecule has 3 rings (SSSR count). The molecule has 19 heavy (non-hydrogen) atoms. The van der Waals surface area contributed by atoms with Crippen molar-refractivity contribution in [3.8, 4) is 0 Å². The van der Waals surface area contributed by atoms with E-state index in [1.807, 2.05) is 18.2 Å². The van der Waals surface area contributed by atoms with Crippen molar-refractivity contribution in [2.75, 3.05) is 5.32 Å². The van der Waals surface area contributed by atoms with E-state index in [-0.39, 0.29) is 6.04 Å². The molecule has 1 heterocycles. The monoisotopic (exact) mass is 249 g/mol. The van der Waals surface area contributed by atoms with Gasteiger partial charge in [-0.2, -0.15) is 0 Å². The topological polar surface area (TPSA) is 25.2 Å². The summed E-state index contributed by atoms with van der Waals surface area (Å²) < 4.78 is 5.12. The van der Waals surface area contributed by atoms with Gasteiger partial charge in [0.1, 0.15) is 6.26 Å². The van der Waals surface area contributed by atoms with Crippen molar-refractivity contribution in [2.24, 2.45) is 0 Å². The molecule has 0 aliphatic rings. The van der Waals surface area contributed by atoms with Crippen LogP contribution in [0.4, 0.5) is 5.69 Å². The molecule has 1 aromatic heterocycles. The minimum absolute atomic E-state index is 0.125. The molecule has 0 bridgehead atoms. The van der Waals surface area contributed by atoms with Crippen molar-refractivity contribution in [3.05, 3.63) is 90.4 Å². The average molecular weight is 249 g/mol. The maximum absolute atomic E-state index is 5.12. The van der Waals surface area contributed by atoms with Crippen LogP contribution in [0.1, 0.15) is 17.2 Å². The molecule has 0 radical (unpaired) electrons. The molecule has 0 saturated carbocycles. The summed E-state index contributed by atoms with van der Waals surface area (Å²) in [6, 6.07) is 22.9. The number of anilines is 1. The van der Waals surface area contributed by atoms with Crippen LogP contribution in [0.25, 0.3) is 0 Å². The van der Waals surface area contributed by atoms with Gasteiger partial charge < -0.3 is 9.73 Å². The average Bonchev–Trinajstić information content (AvgIpc) is 3.00. The Morgan fingerprint density at radius 2 is 1.32 bits per heavy atom. The largest absolute Gasteiger partial charge is 0.470 e. The summed E-state index contributed by atoms with van der Waals surface area (Å²) in [6.45, 7) is 0. The molecule has 0 saturated heterocycles. The Labute approximate surface area is 112 Å². The van der Waals surface area contributed by atoms with Crippen LogP contribution >= 0.6 is 0 Å². The number of hydrogen-bond acceptors (Lipinski definition) is 2. The number of nitrogens with one attached hydrogen (secondary N) is 1. The third-order valence-electron chi connectivity index (χ3n) is 3.10. The van der Waals surface area contributed by atoms with E-state index in [9.17, 15) is 0 Å². The Morgan fingerprint density at radius 3 is 1.79 bits per heavy atom. The molecule has 0 fully saturated rings. The fourth-order valence-corrected chi connectivity index (χ4v) is 2.16. The van der Waals surface area contributed by atoms with E-state index in [1.54, 1.807) is 12.5 Å². The number of furan rings is 1. The van der Waals surface area contributed by atoms with Gasteiger partial charge in [0, 0.05) is 0 Å². The van der Waals surface area contributed by atoms with Crippen LogP contribution in [0, 0.1) is 0 Å². The second-order valence-corrected chi connectivity index (χ2v) is 4.41. The third kappa shape index (κ3) is 2.68. The van der Waals surface area contributed by atoms with E-state index in [0.717, 1.165) is 5.69 Å². The van der Waals surface area contributed by atoms with Crippen LogP contribution in [-0.4, -0.2) is 0 Å². The summed E-state index contributed by atoms with van der Waals surface area (Å²) >= 11 is 0. The Kier molecular flexibility index (Phi) is 3.32. The van der Waals surface area contributed by atoms with Crippen molar-refractivity contribution < 1.29 is 4.42 Å². The lowest BCUT2D eigenvalue weighted by Gasteiger charge is -2.19. The van der Waals surface area contributed by atoms with Gasteiger partial charge in [-0.05, 0) is 17.2 Å². The predicted octanol–water partition coefficient (Wildman–Crippen LogP) is 4.48. The van der Waals surface area contributed by atoms with Crippen molar-refractivity contribution in [3.63, 3.8) is 0 Å². The summed E-state index contributed by atoms with van der Waals surface area (Å²) in [7, 11) is 0. The molecule has 2 nitrogen and oxygen atoms in total. The van der Waals surface area contributed by atoms with Crippen LogP contribution in [0.2, 0.25) is 0 Å². The summed E-state index contributed by atoms with van der Waals surface area (Å²) in [5.74, 6) is 0. The normalized spacial score (nSPS) is 10.6. The van der Waals surface area contributed by atoms with Gasteiger partial charge in [0.15, 0.2) is 0 Å². The highest BCUT2D eigenvalue weighted by atomic mass is 16.3. The lowest BCUT2D eigenvalue weighted by atomic mass is 9.98. The van der Waals surface area contributed by atoms with Gasteiger partial charge in [0.2, 0.25) is 0 Å². The Bertz CT molecular complexity index is 563. The lowest BCUT2D eigenvalue weighted by molar-refractivity contribution is 0.567. The molecule has 0 amide bonds. The molecule has 0 aliphatic heterocycles.